The van der Waals surface area contributed by atoms with Crippen LogP contribution in [0.5, 0.6) is 11.5 Å². The van der Waals surface area contributed by atoms with Crippen molar-refractivity contribution in [1.29, 1.82) is 0 Å². The Morgan fingerprint density at radius 3 is 2.67 bits per heavy atom. The van der Waals surface area contributed by atoms with Gasteiger partial charge in [-0.1, -0.05) is 51.0 Å². The van der Waals surface area contributed by atoms with Gasteiger partial charge in [-0.3, -0.25) is 14.5 Å². The first-order valence-electron chi connectivity index (χ1n) is 10.9. The molecule has 6 rings (SSSR count). The number of hydrogen-bond donors (Lipinski definition) is 1. The topological polar surface area (TPSA) is 89.0 Å². The summed E-state index contributed by atoms with van der Waals surface area (Å²) in [7, 11) is 0. The molecule has 2 aliphatic rings. The average molecular weight is 584 g/mol. The Labute approximate surface area is 222 Å². The predicted octanol–water partition coefficient (Wildman–Crippen LogP) is 6.11. The van der Waals surface area contributed by atoms with Gasteiger partial charge in [0.2, 0.25) is 0 Å². The zero-order chi connectivity index (χ0) is 25.0. The van der Waals surface area contributed by atoms with Gasteiger partial charge in [-0.05, 0) is 54.1 Å². The van der Waals surface area contributed by atoms with Crippen LogP contribution in [0.1, 0.15) is 17.2 Å². The second-order valence-corrected chi connectivity index (χ2v) is 10.6. The molecule has 1 atom stereocenters. The molecule has 1 amide bonds. The molecule has 10 heteroatoms. The summed E-state index contributed by atoms with van der Waals surface area (Å²) < 4.78 is 12.7. The van der Waals surface area contributed by atoms with Crippen LogP contribution in [-0.2, 0) is 9.59 Å². The number of halogens is 2. The van der Waals surface area contributed by atoms with Crippen molar-refractivity contribution in [2.24, 2.45) is 0 Å². The number of benzene rings is 3. The van der Waals surface area contributed by atoms with E-state index in [1.54, 1.807) is 42.5 Å². The van der Waals surface area contributed by atoms with Gasteiger partial charge < -0.3 is 14.6 Å². The molecule has 1 saturated heterocycles. The van der Waals surface area contributed by atoms with Crippen LogP contribution in [0.3, 0.4) is 0 Å². The summed E-state index contributed by atoms with van der Waals surface area (Å²) in [6.07, 6.45) is 0. The van der Waals surface area contributed by atoms with Crippen molar-refractivity contribution < 1.29 is 24.2 Å². The zero-order valence-corrected chi connectivity index (χ0v) is 21.6. The third-order valence-electron chi connectivity index (χ3n) is 5.97. The van der Waals surface area contributed by atoms with Crippen LogP contribution >= 0.6 is 38.9 Å². The van der Waals surface area contributed by atoms with Crippen LogP contribution in [0.2, 0.25) is 5.02 Å². The maximum atomic E-state index is 13.4. The van der Waals surface area contributed by atoms with Crippen LogP contribution in [0.4, 0.5) is 5.13 Å². The number of amides is 1. The quantitative estimate of drug-likeness (QED) is 0.178. The highest BCUT2D eigenvalue weighted by Gasteiger charge is 2.48. The molecule has 3 heterocycles. The molecule has 1 N–H and O–H groups in total. The first kappa shape index (κ1) is 23.0. The maximum Gasteiger partial charge on any atom is 0.301 e. The summed E-state index contributed by atoms with van der Waals surface area (Å²) in [5.41, 5.74) is 1.60. The van der Waals surface area contributed by atoms with Crippen molar-refractivity contribution in [2.45, 2.75) is 6.04 Å². The number of hydrogen-bond acceptors (Lipinski definition) is 7. The first-order chi connectivity index (χ1) is 17.4. The molecule has 7 nitrogen and oxygen atoms in total. The van der Waals surface area contributed by atoms with Crippen LogP contribution in [0.15, 0.2) is 70.7 Å². The Kier molecular flexibility index (Phi) is 5.70. The molecule has 1 aromatic heterocycles. The van der Waals surface area contributed by atoms with E-state index in [1.165, 1.54) is 16.2 Å². The maximum absolute atomic E-state index is 13.4. The van der Waals surface area contributed by atoms with Crippen molar-refractivity contribution in [1.82, 2.24) is 4.98 Å². The minimum atomic E-state index is -0.897. The number of carbonyl (C=O) groups is 2. The van der Waals surface area contributed by atoms with Crippen LogP contribution < -0.4 is 14.4 Å². The van der Waals surface area contributed by atoms with E-state index < -0.39 is 17.7 Å². The molecule has 0 saturated carbocycles. The van der Waals surface area contributed by atoms with Crippen molar-refractivity contribution in [3.05, 3.63) is 86.9 Å². The number of Topliss-reactive ketones (excluding diaryl/α,β-unsaturated/α-hetero) is 1. The largest absolute Gasteiger partial charge is 0.507 e. The second-order valence-electron chi connectivity index (χ2n) is 8.19. The van der Waals surface area contributed by atoms with Gasteiger partial charge >= 0.3 is 5.91 Å². The molecule has 36 heavy (non-hydrogen) atoms. The Balaban J connectivity index is 1.54. The number of carbonyl (C=O) groups excluding carboxylic acids is 2. The highest BCUT2D eigenvalue weighted by Crippen LogP contribution is 2.45. The SMILES string of the molecule is O=C1C(=O)N(c2nc3ccc(Cl)cc3s2)[C@H](c2cccc(Br)c2)C1=C(O)c1ccc2c(c1)OCCO2. The number of thiazole rings is 1. The second kappa shape index (κ2) is 8.92. The molecular weight excluding hydrogens is 568 g/mol. The number of anilines is 1. The van der Waals surface area contributed by atoms with Crippen molar-refractivity contribution >= 4 is 71.7 Å². The smallest absolute Gasteiger partial charge is 0.301 e. The van der Waals surface area contributed by atoms with Gasteiger partial charge in [-0.2, -0.15) is 0 Å². The molecule has 4 aromatic rings. The number of ether oxygens (including phenoxy) is 2. The molecule has 0 aliphatic carbocycles. The number of rotatable bonds is 3. The van der Waals surface area contributed by atoms with Gasteiger partial charge in [0.15, 0.2) is 16.6 Å². The summed E-state index contributed by atoms with van der Waals surface area (Å²) in [5.74, 6) is -0.868. The van der Waals surface area contributed by atoms with E-state index in [0.29, 0.717) is 51.5 Å². The van der Waals surface area contributed by atoms with Crippen LogP contribution in [0, 0.1) is 0 Å². The fourth-order valence-electron chi connectivity index (χ4n) is 4.36. The molecule has 3 aromatic carbocycles. The Bertz CT molecular complexity index is 1600. The fraction of sp³-hybridized carbons (Fsp3) is 0.115. The minimum Gasteiger partial charge on any atom is -0.507 e. The predicted molar refractivity (Wildman–Crippen MR) is 141 cm³/mol. The number of aromatic nitrogens is 1. The highest BCUT2D eigenvalue weighted by atomic mass is 79.9. The molecule has 180 valence electrons. The Hall–Kier alpha value is -3.40. The standard InChI is InChI=1S/C26H16BrClN2O5S/c27-15-3-1-2-13(10-15)22-21(23(31)14-4-7-18-19(11-14)35-9-8-34-18)24(32)25(33)30(22)26-29-17-6-5-16(28)12-20(17)36-26/h1-7,10-12,22,31H,8-9H2/t22-/m1/s1. The van der Waals surface area contributed by atoms with E-state index in [-0.39, 0.29) is 11.3 Å². The number of ketones is 1. The molecule has 0 radical (unpaired) electrons. The average Bonchev–Trinajstić information content (AvgIpc) is 3.41. The Morgan fingerprint density at radius 1 is 1.06 bits per heavy atom. The monoisotopic (exact) mass is 582 g/mol. The van der Waals surface area contributed by atoms with E-state index in [4.69, 9.17) is 21.1 Å². The Morgan fingerprint density at radius 2 is 1.86 bits per heavy atom. The lowest BCUT2D eigenvalue weighted by atomic mass is 9.95. The van der Waals surface area contributed by atoms with Crippen LogP contribution in [0.25, 0.3) is 16.0 Å². The molecule has 0 spiro atoms. The summed E-state index contributed by atoms with van der Waals surface area (Å²) in [6.45, 7) is 0.807. The van der Waals surface area contributed by atoms with Gasteiger partial charge in [0.05, 0.1) is 21.8 Å². The van der Waals surface area contributed by atoms with Gasteiger partial charge in [0.1, 0.15) is 19.0 Å². The summed E-state index contributed by atoms with van der Waals surface area (Å²) in [4.78, 5) is 32.8. The number of aliphatic hydroxyl groups excluding tert-OH is 1. The normalized spacial score (nSPS) is 18.7. The van der Waals surface area contributed by atoms with Crippen molar-refractivity contribution in [3.63, 3.8) is 0 Å². The van der Waals surface area contributed by atoms with Gasteiger partial charge in [-0.15, -0.1) is 0 Å². The summed E-state index contributed by atoms with van der Waals surface area (Å²) in [5, 5.41) is 12.3. The third-order valence-corrected chi connectivity index (χ3v) is 7.72. The van der Waals surface area contributed by atoms with Gasteiger partial charge in [-0.25, -0.2) is 4.98 Å². The van der Waals surface area contributed by atoms with Crippen LogP contribution in [-0.4, -0.2) is 35.0 Å². The van der Waals surface area contributed by atoms with E-state index >= 15 is 0 Å². The minimum absolute atomic E-state index is 0.0351. The lowest BCUT2D eigenvalue weighted by Gasteiger charge is -2.23. The third kappa shape index (κ3) is 3.84. The summed E-state index contributed by atoms with van der Waals surface area (Å²) >= 11 is 10.9. The molecule has 1 fully saturated rings. The van der Waals surface area contributed by atoms with Crippen molar-refractivity contribution in [2.75, 3.05) is 18.1 Å². The molecule has 0 unspecified atom stereocenters. The van der Waals surface area contributed by atoms with E-state index in [1.807, 2.05) is 18.2 Å². The van der Waals surface area contributed by atoms with Gasteiger partial charge in [0.25, 0.3) is 5.78 Å². The molecular formula is C26H16BrClN2O5S. The van der Waals surface area contributed by atoms with E-state index in [2.05, 4.69) is 20.9 Å². The van der Waals surface area contributed by atoms with Gasteiger partial charge in [0, 0.05) is 15.1 Å². The van der Waals surface area contributed by atoms with E-state index in [0.717, 1.165) is 9.17 Å². The summed E-state index contributed by atoms with van der Waals surface area (Å²) in [6, 6.07) is 16.5. The highest BCUT2D eigenvalue weighted by molar-refractivity contribution is 9.10. The van der Waals surface area contributed by atoms with E-state index in [9.17, 15) is 14.7 Å². The first-order valence-corrected chi connectivity index (χ1v) is 12.9. The lowest BCUT2D eigenvalue weighted by Crippen LogP contribution is -2.29. The number of aliphatic hydroxyl groups is 1. The number of fused-ring (bicyclic) bond motifs is 2. The fourth-order valence-corrected chi connectivity index (χ4v) is 6.04. The molecule has 0 bridgehead atoms. The van der Waals surface area contributed by atoms with Crippen molar-refractivity contribution in [3.8, 4) is 11.5 Å². The zero-order valence-electron chi connectivity index (χ0n) is 18.4. The number of nitrogens with zero attached hydrogens (tertiary/aromatic N) is 2. The molecule has 2 aliphatic heterocycles. The lowest BCUT2D eigenvalue weighted by molar-refractivity contribution is -0.132.